The van der Waals surface area contributed by atoms with Crippen LogP contribution in [-0.4, -0.2) is 11.0 Å². The van der Waals surface area contributed by atoms with Crippen molar-refractivity contribution in [1.29, 1.82) is 5.41 Å². The van der Waals surface area contributed by atoms with Crippen LogP contribution in [0.4, 0.5) is 5.69 Å². The average molecular weight is 322 g/mol. The van der Waals surface area contributed by atoms with Crippen molar-refractivity contribution < 1.29 is 14.3 Å². The van der Waals surface area contributed by atoms with Gasteiger partial charge in [-0.3, -0.25) is 10.2 Å². The SMILES string of the molecule is Cc1cc(C)c(NC(=O)c2cc3cccc(O)c3oc2=N)c(C)c1. The number of carbonyl (C=O) groups excluding carboxylic acids is 1. The fraction of sp³-hybridized carbons (Fsp3) is 0.158. The number of amides is 1. The molecule has 5 nitrogen and oxygen atoms in total. The predicted molar refractivity (Wildman–Crippen MR) is 92.3 cm³/mol. The second-order valence-corrected chi connectivity index (χ2v) is 5.91. The molecule has 0 bridgehead atoms. The molecule has 1 heterocycles. The minimum atomic E-state index is -0.413. The molecule has 0 saturated heterocycles. The Hall–Kier alpha value is -3.08. The van der Waals surface area contributed by atoms with E-state index in [0.717, 1.165) is 22.4 Å². The molecule has 0 unspecified atom stereocenters. The molecule has 0 radical (unpaired) electrons. The number of aromatic hydroxyl groups is 1. The number of hydrogen-bond acceptors (Lipinski definition) is 4. The van der Waals surface area contributed by atoms with Crippen molar-refractivity contribution in [2.24, 2.45) is 0 Å². The van der Waals surface area contributed by atoms with E-state index >= 15 is 0 Å². The maximum Gasteiger partial charge on any atom is 0.261 e. The van der Waals surface area contributed by atoms with Gasteiger partial charge in [0, 0.05) is 11.1 Å². The maximum absolute atomic E-state index is 12.6. The summed E-state index contributed by atoms with van der Waals surface area (Å²) in [6.07, 6.45) is 0. The molecule has 3 rings (SSSR count). The van der Waals surface area contributed by atoms with Crippen LogP contribution >= 0.6 is 0 Å². The first kappa shape index (κ1) is 15.8. The van der Waals surface area contributed by atoms with Gasteiger partial charge in [-0.05, 0) is 44.0 Å². The van der Waals surface area contributed by atoms with Crippen LogP contribution in [-0.2, 0) is 0 Å². The number of fused-ring (bicyclic) bond motifs is 1. The highest BCUT2D eigenvalue weighted by Crippen LogP contribution is 2.25. The van der Waals surface area contributed by atoms with Crippen molar-refractivity contribution >= 4 is 22.6 Å². The number of anilines is 1. The lowest BCUT2D eigenvalue weighted by atomic mass is 10.0. The van der Waals surface area contributed by atoms with Gasteiger partial charge in [0.1, 0.15) is 5.56 Å². The van der Waals surface area contributed by atoms with Crippen molar-refractivity contribution in [2.45, 2.75) is 20.8 Å². The van der Waals surface area contributed by atoms with Gasteiger partial charge in [0.05, 0.1) is 0 Å². The molecular weight excluding hydrogens is 304 g/mol. The maximum atomic E-state index is 12.6. The minimum absolute atomic E-state index is 0.0572. The first-order chi connectivity index (χ1) is 11.4. The zero-order valence-electron chi connectivity index (χ0n) is 13.7. The van der Waals surface area contributed by atoms with Gasteiger partial charge in [-0.15, -0.1) is 0 Å². The van der Waals surface area contributed by atoms with Crippen molar-refractivity contribution in [3.8, 4) is 5.75 Å². The topological polar surface area (TPSA) is 86.3 Å². The number of phenolic OH excluding ortho intramolecular Hbond substituents is 1. The van der Waals surface area contributed by atoms with E-state index in [-0.39, 0.29) is 22.5 Å². The van der Waals surface area contributed by atoms with E-state index in [9.17, 15) is 9.90 Å². The number of aryl methyl sites for hydroxylation is 3. The van der Waals surface area contributed by atoms with Gasteiger partial charge in [0.15, 0.2) is 11.3 Å². The smallest absolute Gasteiger partial charge is 0.261 e. The zero-order chi connectivity index (χ0) is 17.4. The highest BCUT2D eigenvalue weighted by molar-refractivity contribution is 6.06. The molecule has 1 aromatic heterocycles. The van der Waals surface area contributed by atoms with E-state index in [0.29, 0.717) is 5.39 Å². The third kappa shape index (κ3) is 2.76. The number of nitrogens with one attached hydrogen (secondary N) is 2. The van der Waals surface area contributed by atoms with Crippen molar-refractivity contribution in [3.63, 3.8) is 0 Å². The molecule has 1 amide bonds. The molecule has 0 aliphatic carbocycles. The predicted octanol–water partition coefficient (Wildman–Crippen LogP) is 3.80. The molecule has 0 aliphatic rings. The summed E-state index contributed by atoms with van der Waals surface area (Å²) >= 11 is 0. The van der Waals surface area contributed by atoms with Gasteiger partial charge < -0.3 is 14.8 Å². The van der Waals surface area contributed by atoms with Crippen LogP contribution in [0.1, 0.15) is 27.0 Å². The van der Waals surface area contributed by atoms with Crippen LogP contribution in [0.2, 0.25) is 0 Å². The molecule has 0 spiro atoms. The Kier molecular flexibility index (Phi) is 3.85. The molecule has 3 N–H and O–H groups in total. The van der Waals surface area contributed by atoms with E-state index in [1.54, 1.807) is 18.2 Å². The van der Waals surface area contributed by atoms with E-state index in [1.807, 2.05) is 32.9 Å². The molecule has 0 aliphatic heterocycles. The summed E-state index contributed by atoms with van der Waals surface area (Å²) in [6.45, 7) is 5.86. The fourth-order valence-electron chi connectivity index (χ4n) is 2.87. The number of rotatable bonds is 2. The van der Waals surface area contributed by atoms with Gasteiger partial charge >= 0.3 is 0 Å². The summed E-state index contributed by atoms with van der Waals surface area (Å²) in [6, 6.07) is 10.4. The lowest BCUT2D eigenvalue weighted by Crippen LogP contribution is -2.21. The third-order valence-electron chi connectivity index (χ3n) is 3.93. The number of para-hydroxylation sites is 1. The summed E-state index contributed by atoms with van der Waals surface area (Å²) < 4.78 is 5.32. The minimum Gasteiger partial charge on any atom is -0.504 e. The molecular formula is C19H18N2O3. The quantitative estimate of drug-likeness (QED) is 0.671. The average Bonchev–Trinajstić information content (AvgIpc) is 2.51. The van der Waals surface area contributed by atoms with Crippen molar-refractivity contribution in [2.75, 3.05) is 5.32 Å². The molecule has 122 valence electrons. The number of phenols is 1. The second kappa shape index (κ2) is 5.85. The lowest BCUT2D eigenvalue weighted by Gasteiger charge is -2.13. The van der Waals surface area contributed by atoms with Crippen LogP contribution in [0.15, 0.2) is 40.8 Å². The molecule has 3 aromatic rings. The molecule has 0 atom stereocenters. The van der Waals surface area contributed by atoms with Gasteiger partial charge in [0.25, 0.3) is 5.91 Å². The van der Waals surface area contributed by atoms with Crippen LogP contribution in [0.5, 0.6) is 5.75 Å². The van der Waals surface area contributed by atoms with E-state index in [1.165, 1.54) is 6.07 Å². The highest BCUT2D eigenvalue weighted by atomic mass is 16.4. The lowest BCUT2D eigenvalue weighted by molar-refractivity contribution is 0.102. The van der Waals surface area contributed by atoms with Gasteiger partial charge in [-0.25, -0.2) is 0 Å². The standard InChI is InChI=1S/C19H18N2O3/c1-10-7-11(2)16(12(3)8-10)21-19(23)14-9-13-5-4-6-15(22)17(13)24-18(14)20/h4-9,20,22H,1-3H3,(H,21,23). The first-order valence-corrected chi connectivity index (χ1v) is 7.56. The van der Waals surface area contributed by atoms with E-state index in [4.69, 9.17) is 9.83 Å². The summed E-state index contributed by atoms with van der Waals surface area (Å²) in [4.78, 5) is 12.6. The van der Waals surface area contributed by atoms with Crippen LogP contribution in [0.3, 0.4) is 0 Å². The Morgan fingerprint density at radius 1 is 1.12 bits per heavy atom. The van der Waals surface area contributed by atoms with E-state index < -0.39 is 5.91 Å². The van der Waals surface area contributed by atoms with Gasteiger partial charge in [-0.2, -0.15) is 0 Å². The fourth-order valence-corrected chi connectivity index (χ4v) is 2.87. The first-order valence-electron chi connectivity index (χ1n) is 7.56. The van der Waals surface area contributed by atoms with Crippen LogP contribution in [0.25, 0.3) is 11.0 Å². The summed E-state index contributed by atoms with van der Waals surface area (Å²) in [5.74, 6) is -0.470. The number of benzene rings is 2. The Morgan fingerprint density at radius 2 is 1.79 bits per heavy atom. The molecule has 0 fully saturated rings. The summed E-state index contributed by atoms with van der Waals surface area (Å²) in [7, 11) is 0. The Labute approximate surface area is 139 Å². The molecule has 2 aromatic carbocycles. The monoisotopic (exact) mass is 322 g/mol. The largest absolute Gasteiger partial charge is 0.504 e. The Balaban J connectivity index is 2.04. The third-order valence-corrected chi connectivity index (χ3v) is 3.93. The highest BCUT2D eigenvalue weighted by Gasteiger charge is 2.15. The van der Waals surface area contributed by atoms with Gasteiger partial charge in [-0.1, -0.05) is 29.8 Å². The zero-order valence-corrected chi connectivity index (χ0v) is 13.7. The van der Waals surface area contributed by atoms with Crippen LogP contribution < -0.4 is 10.9 Å². The van der Waals surface area contributed by atoms with Crippen LogP contribution in [0, 0.1) is 26.2 Å². The van der Waals surface area contributed by atoms with Crippen molar-refractivity contribution in [3.05, 3.63) is 64.2 Å². The number of carbonyl (C=O) groups is 1. The van der Waals surface area contributed by atoms with E-state index in [2.05, 4.69) is 5.32 Å². The normalized spacial score (nSPS) is 10.8. The summed E-state index contributed by atoms with van der Waals surface area (Å²) in [5.41, 5.74) is 3.81. The van der Waals surface area contributed by atoms with Crippen molar-refractivity contribution in [1.82, 2.24) is 0 Å². The number of hydrogen-bond donors (Lipinski definition) is 3. The molecule has 24 heavy (non-hydrogen) atoms. The Morgan fingerprint density at radius 3 is 2.46 bits per heavy atom. The molecule has 5 heteroatoms. The molecule has 0 saturated carbocycles. The van der Waals surface area contributed by atoms with Gasteiger partial charge in [0.2, 0.25) is 5.55 Å². The second-order valence-electron chi connectivity index (χ2n) is 5.91. The Bertz CT molecular complexity index is 996. The summed E-state index contributed by atoms with van der Waals surface area (Å²) in [5, 5.41) is 21.2.